The van der Waals surface area contributed by atoms with Gasteiger partial charge in [-0.05, 0) is 71.9 Å². The standard InChI is InChI=1S/C35H51N3O7/c1-23(2)20-27(37-33(43)45-35(7,8)9)31(41)38(18-19-39)29(26-17-13-14-24(3)21-26)30(40)36-28(32(42)44-34(4,5)6)22-25-15-11-10-12-16-25/h10-17,21,23,27-29,39H,18-20,22H2,1-9H3,(H,36,40)(H,37,43). The summed E-state index contributed by atoms with van der Waals surface area (Å²) in [6.45, 7) is 15.4. The molecule has 2 rings (SSSR count). The SMILES string of the molecule is Cc1cccc(C(C(=O)NC(Cc2ccccc2)C(=O)OC(C)(C)C)N(CCO)C(=O)C(CC(C)C)NC(=O)OC(C)(C)C)c1. The lowest BCUT2D eigenvalue weighted by atomic mass is 9.97. The molecule has 0 radical (unpaired) electrons. The molecule has 0 aromatic heterocycles. The van der Waals surface area contributed by atoms with E-state index in [9.17, 15) is 24.3 Å². The molecule has 3 unspecified atom stereocenters. The van der Waals surface area contributed by atoms with E-state index in [-0.39, 0.29) is 25.3 Å². The number of aliphatic hydroxyl groups excluding tert-OH is 1. The van der Waals surface area contributed by atoms with Crippen LogP contribution in [0.2, 0.25) is 0 Å². The molecule has 0 aliphatic rings. The maximum Gasteiger partial charge on any atom is 0.408 e. The first-order chi connectivity index (χ1) is 20.9. The summed E-state index contributed by atoms with van der Waals surface area (Å²) in [6.07, 6.45) is -0.349. The van der Waals surface area contributed by atoms with Crippen LogP contribution in [-0.2, 0) is 30.3 Å². The fourth-order valence-electron chi connectivity index (χ4n) is 4.80. The number of hydrogen-bond acceptors (Lipinski definition) is 7. The molecule has 0 aliphatic carbocycles. The van der Waals surface area contributed by atoms with Crippen LogP contribution in [0.4, 0.5) is 4.79 Å². The molecule has 0 saturated carbocycles. The van der Waals surface area contributed by atoms with Crippen molar-refractivity contribution < 1.29 is 33.8 Å². The predicted octanol–water partition coefficient (Wildman–Crippen LogP) is 4.87. The van der Waals surface area contributed by atoms with Gasteiger partial charge in [0, 0.05) is 13.0 Å². The third kappa shape index (κ3) is 12.9. The average Bonchev–Trinajstić information content (AvgIpc) is 2.90. The van der Waals surface area contributed by atoms with Gasteiger partial charge in [-0.2, -0.15) is 0 Å². The Morgan fingerprint density at radius 1 is 0.844 bits per heavy atom. The van der Waals surface area contributed by atoms with Crippen LogP contribution in [0.25, 0.3) is 0 Å². The number of amides is 3. The van der Waals surface area contributed by atoms with E-state index in [1.807, 2.05) is 57.2 Å². The number of nitrogens with one attached hydrogen (secondary N) is 2. The van der Waals surface area contributed by atoms with Gasteiger partial charge in [0.2, 0.25) is 11.8 Å². The molecule has 10 nitrogen and oxygen atoms in total. The molecular formula is C35H51N3O7. The van der Waals surface area contributed by atoms with Crippen LogP contribution in [0, 0.1) is 12.8 Å². The molecule has 45 heavy (non-hydrogen) atoms. The zero-order chi connectivity index (χ0) is 33.9. The first kappa shape index (κ1) is 37.3. The van der Waals surface area contributed by atoms with Crippen LogP contribution in [0.3, 0.4) is 0 Å². The summed E-state index contributed by atoms with van der Waals surface area (Å²) in [5.41, 5.74) is 0.545. The number of carbonyl (C=O) groups excluding carboxylic acids is 4. The Labute approximate surface area is 267 Å². The maximum atomic E-state index is 14.3. The van der Waals surface area contributed by atoms with E-state index >= 15 is 0 Å². The van der Waals surface area contributed by atoms with Crippen molar-refractivity contribution in [1.82, 2.24) is 15.5 Å². The second kappa shape index (κ2) is 16.4. The fourth-order valence-corrected chi connectivity index (χ4v) is 4.80. The number of carbonyl (C=O) groups is 4. The fraction of sp³-hybridized carbons (Fsp3) is 0.543. The van der Waals surface area contributed by atoms with Crippen molar-refractivity contribution in [3.63, 3.8) is 0 Å². The zero-order valence-corrected chi connectivity index (χ0v) is 28.2. The molecule has 3 amide bonds. The van der Waals surface area contributed by atoms with Crippen LogP contribution in [0.1, 0.15) is 84.5 Å². The second-order valence-corrected chi connectivity index (χ2v) is 13.7. The van der Waals surface area contributed by atoms with E-state index < -0.39 is 59.8 Å². The van der Waals surface area contributed by atoms with E-state index in [4.69, 9.17) is 9.47 Å². The number of nitrogens with zero attached hydrogens (tertiary/aromatic N) is 1. The Kier molecular flexibility index (Phi) is 13.6. The maximum absolute atomic E-state index is 14.3. The monoisotopic (exact) mass is 625 g/mol. The molecule has 248 valence electrons. The van der Waals surface area contributed by atoms with Gasteiger partial charge in [-0.25, -0.2) is 9.59 Å². The number of benzene rings is 2. The quantitative estimate of drug-likeness (QED) is 0.271. The molecule has 0 fully saturated rings. The minimum absolute atomic E-state index is 0.00136. The summed E-state index contributed by atoms with van der Waals surface area (Å²) < 4.78 is 11.1. The molecular weight excluding hydrogens is 574 g/mol. The van der Waals surface area contributed by atoms with Crippen LogP contribution < -0.4 is 10.6 Å². The summed E-state index contributed by atoms with van der Waals surface area (Å²) in [6, 6.07) is 13.0. The minimum atomic E-state index is -1.24. The normalized spacial score (nSPS) is 13.8. The second-order valence-electron chi connectivity index (χ2n) is 13.7. The molecule has 0 aliphatic heterocycles. The van der Waals surface area contributed by atoms with Gasteiger partial charge in [-0.15, -0.1) is 0 Å². The van der Waals surface area contributed by atoms with Crippen LogP contribution in [0.15, 0.2) is 54.6 Å². The summed E-state index contributed by atoms with van der Waals surface area (Å²) in [5, 5.41) is 15.6. The van der Waals surface area contributed by atoms with Gasteiger partial charge in [0.05, 0.1) is 6.61 Å². The van der Waals surface area contributed by atoms with Crippen LogP contribution in [0.5, 0.6) is 0 Å². The Balaban J connectivity index is 2.57. The first-order valence-electron chi connectivity index (χ1n) is 15.4. The summed E-state index contributed by atoms with van der Waals surface area (Å²) in [4.78, 5) is 56.0. The van der Waals surface area contributed by atoms with E-state index in [2.05, 4.69) is 10.6 Å². The van der Waals surface area contributed by atoms with E-state index in [0.717, 1.165) is 11.1 Å². The predicted molar refractivity (Wildman–Crippen MR) is 173 cm³/mol. The van der Waals surface area contributed by atoms with Crippen LogP contribution >= 0.6 is 0 Å². The molecule has 0 spiro atoms. The van der Waals surface area contributed by atoms with Gasteiger partial charge < -0.3 is 30.1 Å². The van der Waals surface area contributed by atoms with Gasteiger partial charge in [0.25, 0.3) is 0 Å². The lowest BCUT2D eigenvalue weighted by molar-refractivity contribution is -0.159. The van der Waals surface area contributed by atoms with Crippen molar-refractivity contribution in [3.05, 3.63) is 71.3 Å². The van der Waals surface area contributed by atoms with Gasteiger partial charge in [-0.1, -0.05) is 74.0 Å². The largest absolute Gasteiger partial charge is 0.458 e. The number of rotatable bonds is 13. The topological polar surface area (TPSA) is 134 Å². The molecule has 2 aromatic carbocycles. The molecule has 0 saturated heterocycles. The highest BCUT2D eigenvalue weighted by Gasteiger charge is 2.38. The molecule has 3 N–H and O–H groups in total. The van der Waals surface area contributed by atoms with Gasteiger partial charge >= 0.3 is 12.1 Å². The molecule has 3 atom stereocenters. The van der Waals surface area contributed by atoms with Crippen molar-refractivity contribution >= 4 is 23.9 Å². The number of ether oxygens (including phenoxy) is 2. The third-order valence-corrected chi connectivity index (χ3v) is 6.53. The minimum Gasteiger partial charge on any atom is -0.458 e. The van der Waals surface area contributed by atoms with E-state index in [1.54, 1.807) is 59.7 Å². The van der Waals surface area contributed by atoms with Crippen molar-refractivity contribution in [1.29, 1.82) is 0 Å². The van der Waals surface area contributed by atoms with Gasteiger partial charge in [0.15, 0.2) is 0 Å². The molecule has 10 heteroatoms. The summed E-state index contributed by atoms with van der Waals surface area (Å²) in [7, 11) is 0. The molecule has 0 bridgehead atoms. The number of aliphatic hydroxyl groups is 1. The summed E-state index contributed by atoms with van der Waals surface area (Å²) >= 11 is 0. The highest BCUT2D eigenvalue weighted by Crippen LogP contribution is 2.25. The van der Waals surface area contributed by atoms with Crippen molar-refractivity contribution in [2.45, 2.75) is 104 Å². The van der Waals surface area contributed by atoms with Crippen molar-refractivity contribution in [3.8, 4) is 0 Å². The Morgan fingerprint density at radius 2 is 1.47 bits per heavy atom. The number of alkyl carbamates (subject to hydrolysis) is 1. The Morgan fingerprint density at radius 3 is 2.00 bits per heavy atom. The smallest absolute Gasteiger partial charge is 0.408 e. The molecule has 0 heterocycles. The van der Waals surface area contributed by atoms with E-state index in [0.29, 0.717) is 5.56 Å². The highest BCUT2D eigenvalue weighted by atomic mass is 16.6. The number of hydrogen-bond donors (Lipinski definition) is 3. The molecule has 2 aromatic rings. The lowest BCUT2D eigenvalue weighted by Gasteiger charge is -2.35. The number of aryl methyl sites for hydroxylation is 1. The van der Waals surface area contributed by atoms with Crippen molar-refractivity contribution in [2.75, 3.05) is 13.2 Å². The lowest BCUT2D eigenvalue weighted by Crippen LogP contribution is -2.55. The third-order valence-electron chi connectivity index (χ3n) is 6.53. The highest BCUT2D eigenvalue weighted by molar-refractivity contribution is 5.94. The van der Waals surface area contributed by atoms with E-state index in [1.165, 1.54) is 4.90 Å². The summed E-state index contributed by atoms with van der Waals surface area (Å²) in [5.74, 6) is -1.82. The van der Waals surface area contributed by atoms with Gasteiger partial charge in [-0.3, -0.25) is 9.59 Å². The first-order valence-corrected chi connectivity index (χ1v) is 15.4. The zero-order valence-electron chi connectivity index (χ0n) is 28.2. The van der Waals surface area contributed by atoms with Gasteiger partial charge in [0.1, 0.15) is 29.3 Å². The Hall–Kier alpha value is -3.92. The number of esters is 1. The van der Waals surface area contributed by atoms with Crippen LogP contribution in [-0.4, -0.2) is 70.3 Å². The average molecular weight is 626 g/mol. The van der Waals surface area contributed by atoms with Crippen molar-refractivity contribution in [2.24, 2.45) is 5.92 Å². The Bertz CT molecular complexity index is 1280.